The van der Waals surface area contributed by atoms with E-state index in [9.17, 15) is 0 Å². The van der Waals surface area contributed by atoms with E-state index in [1.807, 2.05) is 0 Å². The zero-order valence-corrected chi connectivity index (χ0v) is 36.3. The average molecular weight is 857 g/mol. The van der Waals surface area contributed by atoms with Gasteiger partial charge in [0, 0.05) is 73.6 Å². The van der Waals surface area contributed by atoms with Gasteiger partial charge in [0.05, 0.1) is 16.8 Å². The number of furan rings is 1. The Kier molecular flexibility index (Phi) is 8.16. The lowest BCUT2D eigenvalue weighted by molar-refractivity contribution is 0.436. The molecule has 0 unspecified atom stereocenters. The van der Waals surface area contributed by atoms with Crippen molar-refractivity contribution in [3.8, 4) is 22.6 Å². The first-order chi connectivity index (χ1) is 33.3. The van der Waals surface area contributed by atoms with Gasteiger partial charge in [-0.1, -0.05) is 176 Å². The predicted molar refractivity (Wildman–Crippen MR) is 275 cm³/mol. The van der Waals surface area contributed by atoms with E-state index in [1.165, 1.54) is 22.3 Å². The summed E-state index contributed by atoms with van der Waals surface area (Å²) in [6, 6.07) is 86.9. The third-order valence-corrected chi connectivity index (χ3v) is 14.1. The Morgan fingerprint density at radius 3 is 1.22 bits per heavy atom. The maximum absolute atomic E-state index is 7.18. The lowest BCUT2D eigenvalue weighted by Crippen LogP contribution is -2.32. The Morgan fingerprint density at radius 2 is 0.701 bits per heavy atom. The van der Waals surface area contributed by atoms with Gasteiger partial charge in [0.1, 0.15) is 22.7 Å². The smallest absolute Gasteiger partial charge is 0.138 e. The summed E-state index contributed by atoms with van der Waals surface area (Å²) in [5, 5.41) is 6.72. The highest BCUT2D eigenvalue weighted by molar-refractivity contribution is 6.30. The van der Waals surface area contributed by atoms with Crippen LogP contribution in [0.1, 0.15) is 22.3 Å². The zero-order valence-electron chi connectivity index (χ0n) is 36.3. The standard InChI is InChI=1S/C63H40N2O2/c1-4-20-41(21-5-1)64(42-22-6-2-7-23-42)55-39-59-61(49-30-12-10-28-47(49)55)62-50-31-13-11-29-48(50)56(40-60(62)67-59)65(43-24-8-3-9-25-43)44-36-37-54-58(38-44)66-57-35-19-18-34-53(57)63(54)51-32-16-14-26-45(51)46-27-15-17-33-52(46)63/h1-40H. The van der Waals surface area contributed by atoms with E-state index in [2.05, 4.69) is 252 Å². The van der Waals surface area contributed by atoms with Gasteiger partial charge in [-0.2, -0.15) is 0 Å². The quantitative estimate of drug-likeness (QED) is 0.167. The fraction of sp³-hybridized carbons (Fsp3) is 0.0159. The van der Waals surface area contributed by atoms with Crippen molar-refractivity contribution >= 4 is 77.6 Å². The van der Waals surface area contributed by atoms with Crippen LogP contribution in [-0.4, -0.2) is 0 Å². The van der Waals surface area contributed by atoms with E-state index in [0.29, 0.717) is 0 Å². The predicted octanol–water partition coefficient (Wildman–Crippen LogP) is 17.3. The Hall–Kier alpha value is -8.86. The van der Waals surface area contributed by atoms with Gasteiger partial charge in [0.25, 0.3) is 0 Å². The van der Waals surface area contributed by atoms with Gasteiger partial charge in [-0.25, -0.2) is 0 Å². The van der Waals surface area contributed by atoms with Crippen LogP contribution in [-0.2, 0) is 5.41 Å². The van der Waals surface area contributed by atoms with Crippen LogP contribution in [0.15, 0.2) is 247 Å². The zero-order chi connectivity index (χ0) is 44.1. The lowest BCUT2D eigenvalue weighted by atomic mass is 9.66. The van der Waals surface area contributed by atoms with Gasteiger partial charge >= 0.3 is 0 Å². The highest BCUT2D eigenvalue weighted by Crippen LogP contribution is 2.62. The summed E-state index contributed by atoms with van der Waals surface area (Å²) < 4.78 is 14.2. The summed E-state index contributed by atoms with van der Waals surface area (Å²) in [5.41, 5.74) is 14.7. The largest absolute Gasteiger partial charge is 0.457 e. The second-order valence-electron chi connectivity index (χ2n) is 17.5. The number of hydrogen-bond donors (Lipinski definition) is 0. The Balaban J connectivity index is 1.01. The maximum atomic E-state index is 7.18. The van der Waals surface area contributed by atoms with Crippen molar-refractivity contribution < 1.29 is 9.15 Å². The molecule has 14 rings (SSSR count). The Bertz CT molecular complexity index is 3830. The van der Waals surface area contributed by atoms with Crippen LogP contribution in [0.3, 0.4) is 0 Å². The van der Waals surface area contributed by atoms with Gasteiger partial charge in [0.2, 0.25) is 0 Å². The Morgan fingerprint density at radius 1 is 0.299 bits per heavy atom. The molecule has 4 nitrogen and oxygen atoms in total. The molecule has 0 bridgehead atoms. The normalized spacial score (nSPS) is 13.0. The van der Waals surface area contributed by atoms with Crippen LogP contribution < -0.4 is 14.5 Å². The van der Waals surface area contributed by atoms with Crippen LogP contribution >= 0.6 is 0 Å². The maximum Gasteiger partial charge on any atom is 0.138 e. The lowest BCUT2D eigenvalue weighted by Gasteiger charge is -2.40. The van der Waals surface area contributed by atoms with Crippen LogP contribution in [0.5, 0.6) is 11.5 Å². The van der Waals surface area contributed by atoms with E-state index < -0.39 is 5.41 Å². The van der Waals surface area contributed by atoms with E-state index in [1.54, 1.807) is 0 Å². The van der Waals surface area contributed by atoms with Gasteiger partial charge in [-0.15, -0.1) is 0 Å². The van der Waals surface area contributed by atoms with Gasteiger partial charge in [-0.05, 0) is 81.6 Å². The fourth-order valence-corrected chi connectivity index (χ4v) is 11.4. The number of para-hydroxylation sites is 4. The molecule has 0 amide bonds. The third kappa shape index (κ3) is 5.41. The first-order valence-corrected chi connectivity index (χ1v) is 22.9. The van der Waals surface area contributed by atoms with Crippen LogP contribution in [0.25, 0.3) is 54.6 Å². The third-order valence-electron chi connectivity index (χ3n) is 14.1. The van der Waals surface area contributed by atoms with Crippen molar-refractivity contribution in [2.45, 2.75) is 5.41 Å². The number of nitrogens with zero attached hydrogens (tertiary/aromatic N) is 2. The topological polar surface area (TPSA) is 28.9 Å². The minimum atomic E-state index is -0.550. The van der Waals surface area contributed by atoms with Crippen molar-refractivity contribution in [1.29, 1.82) is 0 Å². The molecule has 0 saturated carbocycles. The number of rotatable bonds is 6. The van der Waals surface area contributed by atoms with Crippen molar-refractivity contribution in [1.82, 2.24) is 0 Å². The SMILES string of the molecule is c1ccc(N(c2ccccc2)c2cc3oc4cc(N(c5ccccc5)c5ccc6c(c5)Oc5ccccc5C65c6ccccc6-c6ccccc65)c5ccccc5c4c3c3ccccc23)cc1. The molecule has 0 atom stereocenters. The molecule has 0 saturated heterocycles. The molecule has 1 spiro atoms. The molecule has 4 heteroatoms. The Labute approximate surface area is 387 Å². The number of benzene rings is 11. The van der Waals surface area contributed by atoms with Crippen molar-refractivity contribution in [3.63, 3.8) is 0 Å². The number of anilines is 6. The van der Waals surface area contributed by atoms with E-state index in [0.717, 1.165) is 100 Å². The average Bonchev–Trinajstić information content (AvgIpc) is 3.92. The molecular formula is C63H40N2O2. The molecule has 67 heavy (non-hydrogen) atoms. The number of fused-ring (bicyclic) bond motifs is 16. The summed E-state index contributed by atoms with van der Waals surface area (Å²) in [6.45, 7) is 0. The molecule has 0 radical (unpaired) electrons. The molecule has 1 aromatic heterocycles. The van der Waals surface area contributed by atoms with Gasteiger partial charge in [-0.3, -0.25) is 0 Å². The van der Waals surface area contributed by atoms with Crippen molar-refractivity contribution in [2.75, 3.05) is 9.80 Å². The molecule has 1 aliphatic carbocycles. The molecule has 1 aliphatic heterocycles. The molecule has 11 aromatic carbocycles. The van der Waals surface area contributed by atoms with Crippen LogP contribution in [0.4, 0.5) is 34.1 Å². The first kappa shape index (κ1) is 37.5. The van der Waals surface area contributed by atoms with Gasteiger partial charge in [0.15, 0.2) is 0 Å². The second kappa shape index (κ2) is 14.6. The molecule has 2 heterocycles. The van der Waals surface area contributed by atoms with Crippen molar-refractivity contribution in [2.24, 2.45) is 0 Å². The molecule has 2 aliphatic rings. The fourth-order valence-electron chi connectivity index (χ4n) is 11.4. The van der Waals surface area contributed by atoms with Crippen LogP contribution in [0, 0.1) is 0 Å². The minimum absolute atomic E-state index is 0.550. The summed E-state index contributed by atoms with van der Waals surface area (Å²) in [7, 11) is 0. The number of ether oxygens (including phenoxy) is 1. The second-order valence-corrected chi connectivity index (χ2v) is 17.5. The van der Waals surface area contributed by atoms with E-state index >= 15 is 0 Å². The molecular weight excluding hydrogens is 817 g/mol. The molecule has 0 fully saturated rings. The highest BCUT2D eigenvalue weighted by atomic mass is 16.5. The van der Waals surface area contributed by atoms with E-state index in [-0.39, 0.29) is 0 Å². The number of hydrogen-bond acceptors (Lipinski definition) is 4. The molecule has 314 valence electrons. The summed E-state index contributed by atoms with van der Waals surface area (Å²) in [4.78, 5) is 4.69. The summed E-state index contributed by atoms with van der Waals surface area (Å²) in [6.07, 6.45) is 0. The molecule has 12 aromatic rings. The highest BCUT2D eigenvalue weighted by Gasteiger charge is 2.51. The van der Waals surface area contributed by atoms with E-state index in [4.69, 9.17) is 9.15 Å². The minimum Gasteiger partial charge on any atom is -0.457 e. The van der Waals surface area contributed by atoms with Crippen LogP contribution in [0.2, 0.25) is 0 Å². The van der Waals surface area contributed by atoms with Gasteiger partial charge < -0.3 is 19.0 Å². The monoisotopic (exact) mass is 856 g/mol. The molecule has 0 N–H and O–H groups in total. The van der Waals surface area contributed by atoms with Crippen molar-refractivity contribution in [3.05, 3.63) is 265 Å². The summed E-state index contributed by atoms with van der Waals surface area (Å²) in [5.74, 6) is 1.70. The first-order valence-electron chi connectivity index (χ1n) is 22.9. The summed E-state index contributed by atoms with van der Waals surface area (Å²) >= 11 is 0.